The number of amides is 1. The molecule has 0 saturated heterocycles. The molecule has 0 aliphatic carbocycles. The smallest absolute Gasteiger partial charge is 0.286 e. The first kappa shape index (κ1) is 22.1. The monoisotopic (exact) mass is 446 g/mol. The second-order valence-electron chi connectivity index (χ2n) is 6.65. The fraction of sp³-hybridized carbons (Fsp3) is 0.273. The summed E-state index contributed by atoms with van der Waals surface area (Å²) in [4.78, 5) is 16.0. The van der Waals surface area contributed by atoms with Crippen LogP contribution >= 0.6 is 23.4 Å². The quantitative estimate of drug-likeness (QED) is 0.465. The molecule has 2 N–H and O–H groups in total. The first-order valence-corrected chi connectivity index (χ1v) is 10.6. The van der Waals surface area contributed by atoms with Gasteiger partial charge in [0.1, 0.15) is 19.0 Å². The maximum absolute atomic E-state index is 11.8. The zero-order chi connectivity index (χ0) is 21.7. The molecular weight excluding hydrogens is 424 g/mol. The van der Waals surface area contributed by atoms with Gasteiger partial charge in [0.15, 0.2) is 16.7 Å². The minimum absolute atomic E-state index is 0.228. The third-order valence-electron chi connectivity index (χ3n) is 4.06. The molecule has 0 aromatic heterocycles. The summed E-state index contributed by atoms with van der Waals surface area (Å²) in [6, 6.07) is 9.52. The lowest BCUT2D eigenvalue weighted by atomic mass is 10.1. The maximum atomic E-state index is 11.8. The minimum atomic E-state index is -0.365. The molecule has 8 heteroatoms. The van der Waals surface area contributed by atoms with Crippen molar-refractivity contribution in [2.45, 2.75) is 20.8 Å². The Morgan fingerprint density at radius 1 is 1.07 bits per heavy atom. The molecule has 0 radical (unpaired) electrons. The van der Waals surface area contributed by atoms with E-state index in [9.17, 15) is 4.79 Å². The molecule has 2 aromatic rings. The van der Waals surface area contributed by atoms with Crippen molar-refractivity contribution in [3.8, 4) is 17.2 Å². The summed E-state index contributed by atoms with van der Waals surface area (Å²) in [5.74, 6) is 1.36. The lowest BCUT2D eigenvalue weighted by Gasteiger charge is -2.15. The highest BCUT2D eigenvalue weighted by Crippen LogP contribution is 2.38. The number of hydrogen-bond donors (Lipinski definition) is 1. The average molecular weight is 447 g/mol. The van der Waals surface area contributed by atoms with E-state index in [1.165, 1.54) is 0 Å². The largest absolute Gasteiger partial charge is 0.490 e. The molecule has 1 amide bonds. The van der Waals surface area contributed by atoms with Gasteiger partial charge in [-0.2, -0.15) is 4.99 Å². The Balaban J connectivity index is 1.69. The fourth-order valence-corrected chi connectivity index (χ4v) is 3.93. The second-order valence-corrected chi connectivity index (χ2v) is 8.12. The molecule has 3 rings (SSSR count). The van der Waals surface area contributed by atoms with E-state index in [0.717, 1.165) is 28.6 Å². The van der Waals surface area contributed by atoms with Crippen molar-refractivity contribution < 1.29 is 19.0 Å². The molecule has 2 aromatic carbocycles. The number of amidine groups is 1. The van der Waals surface area contributed by atoms with Crippen LogP contribution in [-0.2, 0) is 4.79 Å². The van der Waals surface area contributed by atoms with E-state index in [2.05, 4.69) is 11.1 Å². The van der Waals surface area contributed by atoms with Crippen LogP contribution < -0.4 is 19.9 Å². The standard InChI is InChI=1S/C22H23ClN2O4S/c1-4-27-18-11-15(12-19-21(26)25-22(24)30-19)10-17(23)20(18)29-6-5-28-16-8-13(2)7-14(3)9-16/h7-12H,4-6H2,1-3H3,(H2,24,25,26). The van der Waals surface area contributed by atoms with E-state index in [1.54, 1.807) is 18.2 Å². The average Bonchev–Trinajstić information content (AvgIpc) is 2.97. The van der Waals surface area contributed by atoms with Crippen LogP contribution in [0.5, 0.6) is 17.2 Å². The van der Waals surface area contributed by atoms with Gasteiger partial charge in [-0.05, 0) is 79.6 Å². The number of aliphatic imine (C=N–C) groups is 1. The number of halogens is 1. The van der Waals surface area contributed by atoms with E-state index in [-0.39, 0.29) is 11.1 Å². The molecule has 0 saturated carbocycles. The SMILES string of the molecule is CCOc1cc(C=C2SC(N)=NC2=O)cc(Cl)c1OCCOc1cc(C)cc(C)c1. The number of carbonyl (C=O) groups excluding carboxylic acids is 1. The van der Waals surface area contributed by atoms with Crippen molar-refractivity contribution in [2.24, 2.45) is 10.7 Å². The van der Waals surface area contributed by atoms with Crippen LogP contribution in [0.2, 0.25) is 5.02 Å². The van der Waals surface area contributed by atoms with Gasteiger partial charge >= 0.3 is 0 Å². The number of rotatable bonds is 8. The van der Waals surface area contributed by atoms with Crippen LogP contribution in [0.3, 0.4) is 0 Å². The topological polar surface area (TPSA) is 83.1 Å². The van der Waals surface area contributed by atoms with Gasteiger partial charge in [0.05, 0.1) is 16.5 Å². The van der Waals surface area contributed by atoms with Crippen molar-refractivity contribution >= 4 is 40.5 Å². The number of benzene rings is 2. The maximum Gasteiger partial charge on any atom is 0.286 e. The predicted molar refractivity (Wildman–Crippen MR) is 122 cm³/mol. The molecule has 6 nitrogen and oxygen atoms in total. The Hall–Kier alpha value is -2.64. The van der Waals surface area contributed by atoms with Crippen LogP contribution in [0.15, 0.2) is 40.2 Å². The summed E-state index contributed by atoms with van der Waals surface area (Å²) in [6.45, 7) is 7.02. The summed E-state index contributed by atoms with van der Waals surface area (Å²) >= 11 is 7.56. The van der Waals surface area contributed by atoms with E-state index in [4.69, 9.17) is 31.5 Å². The number of carbonyl (C=O) groups is 1. The molecule has 1 heterocycles. The van der Waals surface area contributed by atoms with E-state index < -0.39 is 0 Å². The van der Waals surface area contributed by atoms with Crippen LogP contribution in [0.4, 0.5) is 0 Å². The van der Waals surface area contributed by atoms with Gasteiger partial charge in [-0.3, -0.25) is 4.79 Å². The third kappa shape index (κ3) is 5.70. The Morgan fingerprint density at radius 2 is 1.77 bits per heavy atom. The fourth-order valence-electron chi connectivity index (χ4n) is 2.97. The number of aryl methyl sites for hydroxylation is 2. The third-order valence-corrected chi connectivity index (χ3v) is 5.15. The van der Waals surface area contributed by atoms with Crippen LogP contribution in [0.25, 0.3) is 6.08 Å². The molecule has 0 spiro atoms. The highest BCUT2D eigenvalue weighted by atomic mass is 35.5. The van der Waals surface area contributed by atoms with E-state index in [1.807, 2.05) is 32.9 Å². The van der Waals surface area contributed by atoms with Gasteiger partial charge in [-0.1, -0.05) is 17.7 Å². The Bertz CT molecular complexity index is 1000. The normalized spacial score (nSPS) is 14.7. The number of ether oxygens (including phenoxy) is 3. The first-order chi connectivity index (χ1) is 14.4. The summed E-state index contributed by atoms with van der Waals surface area (Å²) in [5, 5.41) is 0.606. The van der Waals surface area contributed by atoms with Gasteiger partial charge in [-0.25, -0.2) is 0 Å². The van der Waals surface area contributed by atoms with Crippen molar-refractivity contribution in [2.75, 3.05) is 19.8 Å². The summed E-state index contributed by atoms with van der Waals surface area (Å²) in [5.41, 5.74) is 8.58. The van der Waals surface area contributed by atoms with E-state index >= 15 is 0 Å². The van der Waals surface area contributed by atoms with Crippen LogP contribution in [0.1, 0.15) is 23.6 Å². The Morgan fingerprint density at radius 3 is 2.40 bits per heavy atom. The van der Waals surface area contributed by atoms with Gasteiger partial charge in [0.2, 0.25) is 0 Å². The van der Waals surface area contributed by atoms with Gasteiger partial charge < -0.3 is 19.9 Å². The van der Waals surface area contributed by atoms with Crippen molar-refractivity contribution in [3.05, 3.63) is 56.9 Å². The van der Waals surface area contributed by atoms with Crippen molar-refractivity contribution in [1.29, 1.82) is 0 Å². The minimum Gasteiger partial charge on any atom is -0.490 e. The lowest BCUT2D eigenvalue weighted by Crippen LogP contribution is -2.10. The van der Waals surface area contributed by atoms with Gasteiger partial charge in [-0.15, -0.1) is 0 Å². The molecule has 30 heavy (non-hydrogen) atoms. The second kappa shape index (κ2) is 9.91. The van der Waals surface area contributed by atoms with Crippen molar-refractivity contribution in [3.63, 3.8) is 0 Å². The lowest BCUT2D eigenvalue weighted by molar-refractivity contribution is -0.113. The molecular formula is C22H23ClN2O4S. The summed E-state index contributed by atoms with van der Waals surface area (Å²) in [7, 11) is 0. The summed E-state index contributed by atoms with van der Waals surface area (Å²) in [6.07, 6.45) is 1.68. The summed E-state index contributed by atoms with van der Waals surface area (Å²) < 4.78 is 17.3. The molecule has 0 fully saturated rings. The number of hydrogen-bond acceptors (Lipinski definition) is 6. The van der Waals surface area contributed by atoms with Gasteiger partial charge in [0.25, 0.3) is 5.91 Å². The first-order valence-electron chi connectivity index (χ1n) is 9.44. The number of nitrogens with zero attached hydrogens (tertiary/aromatic N) is 1. The Labute approximate surface area is 185 Å². The molecule has 0 bridgehead atoms. The number of thioether (sulfide) groups is 1. The Kier molecular flexibility index (Phi) is 7.29. The zero-order valence-electron chi connectivity index (χ0n) is 17.0. The molecule has 1 aliphatic heterocycles. The van der Waals surface area contributed by atoms with Crippen molar-refractivity contribution in [1.82, 2.24) is 0 Å². The molecule has 0 unspecified atom stereocenters. The number of nitrogens with two attached hydrogens (primary N) is 1. The predicted octanol–water partition coefficient (Wildman–Crippen LogP) is 4.74. The molecule has 0 atom stereocenters. The highest BCUT2D eigenvalue weighted by molar-refractivity contribution is 8.18. The molecule has 158 valence electrons. The van der Waals surface area contributed by atoms with Crippen LogP contribution in [0, 0.1) is 13.8 Å². The zero-order valence-corrected chi connectivity index (χ0v) is 18.6. The van der Waals surface area contributed by atoms with Crippen LogP contribution in [-0.4, -0.2) is 30.9 Å². The highest BCUT2D eigenvalue weighted by Gasteiger charge is 2.20. The van der Waals surface area contributed by atoms with E-state index in [0.29, 0.717) is 46.8 Å². The molecule has 1 aliphatic rings. The van der Waals surface area contributed by atoms with Gasteiger partial charge in [0, 0.05) is 0 Å².